The van der Waals surface area contributed by atoms with Crippen LogP contribution in [0.1, 0.15) is 57.6 Å². The number of unbranched alkanes of at least 4 members (excludes halogenated alkanes) is 1. The molecule has 0 saturated heterocycles. The highest BCUT2D eigenvalue weighted by molar-refractivity contribution is 7.92. The fourth-order valence-corrected chi connectivity index (χ4v) is 4.77. The topological polar surface area (TPSA) is 86.8 Å². The zero-order chi connectivity index (χ0) is 26.7. The second kappa shape index (κ2) is 14.0. The lowest BCUT2D eigenvalue weighted by Crippen LogP contribution is -2.48. The fraction of sp³-hybridized carbons (Fsp3) is 0.481. The third-order valence-electron chi connectivity index (χ3n) is 6.05. The largest absolute Gasteiger partial charge is 0.354 e. The van der Waals surface area contributed by atoms with E-state index in [1.807, 2.05) is 26.0 Å². The molecule has 0 fully saturated rings. The number of hydrogen-bond acceptors (Lipinski definition) is 4. The standard InChI is InChI=1S/C27H38FN3O4S/c1-5-7-18-29-27(33)21(3)30(20-23-10-14-24(28)15-11-23)26(32)9-8-19-31(36(4,34)35)25-16-12-22(6-2)13-17-25/h10-17,21H,5-9,18-20H2,1-4H3,(H,29,33)/t21-/m0/s1. The summed E-state index contributed by atoms with van der Waals surface area (Å²) >= 11 is 0. The van der Waals surface area contributed by atoms with Crippen molar-refractivity contribution < 1.29 is 22.4 Å². The molecule has 0 radical (unpaired) electrons. The molecular formula is C27H38FN3O4S. The molecule has 9 heteroatoms. The maximum Gasteiger partial charge on any atom is 0.242 e. The fourth-order valence-electron chi connectivity index (χ4n) is 3.81. The van der Waals surface area contributed by atoms with E-state index in [2.05, 4.69) is 5.32 Å². The van der Waals surface area contributed by atoms with Crippen molar-refractivity contribution in [1.29, 1.82) is 0 Å². The van der Waals surface area contributed by atoms with Crippen molar-refractivity contribution in [2.24, 2.45) is 0 Å². The van der Waals surface area contributed by atoms with E-state index in [9.17, 15) is 22.4 Å². The quantitative estimate of drug-likeness (QED) is 0.378. The smallest absolute Gasteiger partial charge is 0.242 e. The highest BCUT2D eigenvalue weighted by atomic mass is 32.2. The summed E-state index contributed by atoms with van der Waals surface area (Å²) in [5, 5.41) is 2.86. The molecule has 1 atom stereocenters. The van der Waals surface area contributed by atoms with E-state index in [4.69, 9.17) is 0 Å². The Hall–Kier alpha value is -2.94. The highest BCUT2D eigenvalue weighted by Crippen LogP contribution is 2.20. The van der Waals surface area contributed by atoms with Gasteiger partial charge in [-0.25, -0.2) is 12.8 Å². The minimum atomic E-state index is -3.54. The average molecular weight is 520 g/mol. The first-order valence-electron chi connectivity index (χ1n) is 12.4. The SMILES string of the molecule is CCCCNC(=O)[C@H](C)N(Cc1ccc(F)cc1)C(=O)CCCN(c1ccc(CC)cc1)S(C)(=O)=O. The lowest BCUT2D eigenvalue weighted by atomic mass is 10.1. The Morgan fingerprint density at radius 3 is 2.14 bits per heavy atom. The Morgan fingerprint density at radius 1 is 0.972 bits per heavy atom. The Kier molecular flexibility index (Phi) is 11.4. The number of benzene rings is 2. The molecule has 0 heterocycles. The van der Waals surface area contributed by atoms with Gasteiger partial charge in [0.2, 0.25) is 21.8 Å². The molecule has 0 bridgehead atoms. The number of nitrogens with one attached hydrogen (secondary N) is 1. The molecule has 0 aliphatic rings. The normalized spacial score (nSPS) is 12.1. The second-order valence-electron chi connectivity index (χ2n) is 8.93. The van der Waals surface area contributed by atoms with E-state index in [0.717, 1.165) is 31.1 Å². The monoisotopic (exact) mass is 519 g/mol. The number of anilines is 1. The maximum absolute atomic E-state index is 13.4. The van der Waals surface area contributed by atoms with Gasteiger partial charge in [0.25, 0.3) is 0 Å². The molecule has 2 aromatic carbocycles. The number of carbonyl (C=O) groups is 2. The van der Waals surface area contributed by atoms with E-state index < -0.39 is 16.1 Å². The zero-order valence-electron chi connectivity index (χ0n) is 21.7. The molecule has 2 aromatic rings. The molecule has 7 nitrogen and oxygen atoms in total. The van der Waals surface area contributed by atoms with Gasteiger partial charge in [-0.1, -0.05) is 44.5 Å². The van der Waals surface area contributed by atoms with Gasteiger partial charge in [0.05, 0.1) is 11.9 Å². The van der Waals surface area contributed by atoms with Crippen LogP contribution < -0.4 is 9.62 Å². The average Bonchev–Trinajstić information content (AvgIpc) is 2.85. The molecule has 198 valence electrons. The predicted molar refractivity (Wildman–Crippen MR) is 142 cm³/mol. The molecule has 0 aliphatic carbocycles. The van der Waals surface area contributed by atoms with Crippen molar-refractivity contribution in [3.05, 3.63) is 65.5 Å². The minimum absolute atomic E-state index is 0.0623. The highest BCUT2D eigenvalue weighted by Gasteiger charge is 2.26. The lowest BCUT2D eigenvalue weighted by Gasteiger charge is -2.29. The molecule has 0 spiro atoms. The van der Waals surface area contributed by atoms with Crippen LogP contribution in [0.3, 0.4) is 0 Å². The van der Waals surface area contributed by atoms with Gasteiger partial charge in [0.1, 0.15) is 11.9 Å². The summed E-state index contributed by atoms with van der Waals surface area (Å²) in [6, 6.07) is 12.4. The van der Waals surface area contributed by atoms with Crippen molar-refractivity contribution in [3.63, 3.8) is 0 Å². The number of hydrogen-bond donors (Lipinski definition) is 1. The van der Waals surface area contributed by atoms with Crippen LogP contribution in [0.2, 0.25) is 0 Å². The summed E-state index contributed by atoms with van der Waals surface area (Å²) in [6.07, 6.45) is 4.11. The molecule has 0 saturated carbocycles. The summed E-state index contributed by atoms with van der Waals surface area (Å²) < 4.78 is 39.5. The number of sulfonamides is 1. The summed E-state index contributed by atoms with van der Waals surface area (Å²) in [7, 11) is -3.54. The summed E-state index contributed by atoms with van der Waals surface area (Å²) in [4.78, 5) is 27.4. The minimum Gasteiger partial charge on any atom is -0.354 e. The molecular weight excluding hydrogens is 481 g/mol. The van der Waals surface area contributed by atoms with Crippen molar-refractivity contribution in [1.82, 2.24) is 10.2 Å². The molecule has 0 aromatic heterocycles. The maximum atomic E-state index is 13.4. The molecule has 0 unspecified atom stereocenters. The molecule has 0 aliphatic heterocycles. The first kappa shape index (κ1) is 29.3. The van der Waals surface area contributed by atoms with E-state index in [-0.39, 0.29) is 43.6 Å². The first-order chi connectivity index (χ1) is 17.1. The van der Waals surface area contributed by atoms with E-state index in [1.165, 1.54) is 21.3 Å². The van der Waals surface area contributed by atoms with Crippen molar-refractivity contribution in [3.8, 4) is 0 Å². The third-order valence-corrected chi connectivity index (χ3v) is 7.24. The van der Waals surface area contributed by atoms with Crippen LogP contribution in [0.4, 0.5) is 10.1 Å². The van der Waals surface area contributed by atoms with Crippen LogP contribution >= 0.6 is 0 Å². The van der Waals surface area contributed by atoms with E-state index >= 15 is 0 Å². The molecule has 1 N–H and O–H groups in total. The lowest BCUT2D eigenvalue weighted by molar-refractivity contribution is -0.140. The van der Waals surface area contributed by atoms with Gasteiger partial charge < -0.3 is 10.2 Å². The van der Waals surface area contributed by atoms with Crippen LogP contribution in [0.25, 0.3) is 0 Å². The number of amides is 2. The summed E-state index contributed by atoms with van der Waals surface area (Å²) in [6.45, 7) is 6.53. The summed E-state index contributed by atoms with van der Waals surface area (Å²) in [5.41, 5.74) is 2.35. The van der Waals surface area contributed by atoms with Crippen molar-refractivity contribution in [2.45, 2.75) is 65.5 Å². The third kappa shape index (κ3) is 8.93. The van der Waals surface area contributed by atoms with E-state index in [1.54, 1.807) is 31.2 Å². The Bertz CT molecular complexity index is 1090. The summed E-state index contributed by atoms with van der Waals surface area (Å²) in [5.74, 6) is -0.908. The van der Waals surface area contributed by atoms with Gasteiger partial charge in [-0.3, -0.25) is 13.9 Å². The zero-order valence-corrected chi connectivity index (χ0v) is 22.5. The molecule has 36 heavy (non-hydrogen) atoms. The van der Waals surface area contributed by atoms with Crippen LogP contribution in [0.5, 0.6) is 0 Å². The van der Waals surface area contributed by atoms with Crippen LogP contribution in [0.15, 0.2) is 48.5 Å². The van der Waals surface area contributed by atoms with Gasteiger partial charge in [-0.2, -0.15) is 0 Å². The van der Waals surface area contributed by atoms with Crippen LogP contribution in [0, 0.1) is 5.82 Å². The van der Waals surface area contributed by atoms with Gasteiger partial charge in [0.15, 0.2) is 0 Å². The van der Waals surface area contributed by atoms with Gasteiger partial charge >= 0.3 is 0 Å². The number of aryl methyl sites for hydroxylation is 1. The van der Waals surface area contributed by atoms with E-state index in [0.29, 0.717) is 17.8 Å². The first-order valence-corrected chi connectivity index (χ1v) is 14.3. The van der Waals surface area contributed by atoms with Crippen LogP contribution in [-0.4, -0.2) is 50.5 Å². The Morgan fingerprint density at radius 2 is 1.58 bits per heavy atom. The van der Waals surface area contributed by atoms with Crippen molar-refractivity contribution >= 4 is 27.5 Å². The second-order valence-corrected chi connectivity index (χ2v) is 10.8. The Labute approximate surface area is 214 Å². The van der Waals surface area contributed by atoms with Gasteiger partial charge in [-0.15, -0.1) is 0 Å². The number of halogens is 1. The van der Waals surface area contributed by atoms with Crippen molar-refractivity contribution in [2.75, 3.05) is 23.7 Å². The van der Waals surface area contributed by atoms with Crippen LogP contribution in [-0.2, 0) is 32.6 Å². The number of nitrogens with zero attached hydrogens (tertiary/aromatic N) is 2. The van der Waals surface area contributed by atoms with Gasteiger partial charge in [-0.05, 0) is 61.6 Å². The molecule has 2 amide bonds. The Balaban J connectivity index is 2.13. The predicted octanol–water partition coefficient (Wildman–Crippen LogP) is 4.27. The molecule has 2 rings (SSSR count). The number of carbonyl (C=O) groups excluding carboxylic acids is 2. The van der Waals surface area contributed by atoms with Gasteiger partial charge in [0, 0.05) is 26.1 Å². The number of rotatable bonds is 14.